The molecule has 6 heteroatoms. The van der Waals surface area contributed by atoms with Crippen LogP contribution in [0.3, 0.4) is 0 Å². The highest BCUT2D eigenvalue weighted by atomic mass is 35.5. The Kier molecular flexibility index (Phi) is 3.53. The van der Waals surface area contributed by atoms with E-state index in [9.17, 15) is 4.79 Å². The normalized spacial score (nSPS) is 10.3. The first-order chi connectivity index (χ1) is 8.58. The minimum absolute atomic E-state index is 0.256. The highest BCUT2D eigenvalue weighted by Crippen LogP contribution is 2.18. The molecular formula is C12H13ClN4O. The number of nitrogens with zero attached hydrogens (tertiary/aromatic N) is 2. The first kappa shape index (κ1) is 12.4. The molecular weight excluding hydrogens is 252 g/mol. The molecule has 0 bridgehead atoms. The molecule has 2 aromatic rings. The minimum atomic E-state index is -0.256. The van der Waals surface area contributed by atoms with Crippen LogP contribution in [0.5, 0.6) is 0 Å². The summed E-state index contributed by atoms with van der Waals surface area (Å²) >= 11 is 5.95. The van der Waals surface area contributed by atoms with Crippen LogP contribution in [0.2, 0.25) is 5.02 Å². The summed E-state index contributed by atoms with van der Waals surface area (Å²) in [6.07, 6.45) is 1.68. The number of anilines is 1. The number of aryl methyl sites for hydroxylation is 1. The van der Waals surface area contributed by atoms with E-state index in [1.165, 1.54) is 0 Å². The van der Waals surface area contributed by atoms with Gasteiger partial charge in [-0.2, -0.15) is 5.10 Å². The van der Waals surface area contributed by atoms with E-state index >= 15 is 0 Å². The monoisotopic (exact) mass is 264 g/mol. The number of hydrogen-bond acceptors (Lipinski definition) is 3. The molecule has 2 rings (SSSR count). The van der Waals surface area contributed by atoms with Crippen molar-refractivity contribution in [3.8, 4) is 0 Å². The first-order valence-electron chi connectivity index (χ1n) is 5.38. The third-order valence-corrected chi connectivity index (χ3v) is 2.92. The van der Waals surface area contributed by atoms with Crippen LogP contribution >= 0.6 is 11.6 Å². The van der Waals surface area contributed by atoms with Crippen molar-refractivity contribution in [1.29, 1.82) is 0 Å². The van der Waals surface area contributed by atoms with Crippen LogP contribution in [-0.4, -0.2) is 15.7 Å². The molecule has 0 saturated heterocycles. The number of carbonyl (C=O) groups is 1. The van der Waals surface area contributed by atoms with Gasteiger partial charge >= 0.3 is 0 Å². The van der Waals surface area contributed by atoms with E-state index in [1.54, 1.807) is 29.1 Å². The topological polar surface area (TPSA) is 72.9 Å². The highest BCUT2D eigenvalue weighted by molar-refractivity contribution is 6.34. The van der Waals surface area contributed by atoms with E-state index in [-0.39, 0.29) is 5.91 Å². The Labute approximate surface area is 110 Å². The third-order valence-electron chi connectivity index (χ3n) is 2.59. The summed E-state index contributed by atoms with van der Waals surface area (Å²) in [5, 5.41) is 7.17. The van der Waals surface area contributed by atoms with Crippen LogP contribution in [-0.2, 0) is 13.6 Å². The number of amides is 1. The van der Waals surface area contributed by atoms with Crippen LogP contribution < -0.4 is 11.1 Å². The van der Waals surface area contributed by atoms with E-state index < -0.39 is 0 Å². The summed E-state index contributed by atoms with van der Waals surface area (Å²) in [6.45, 7) is 0.389. The molecule has 0 fully saturated rings. The van der Waals surface area contributed by atoms with Crippen LogP contribution in [0.15, 0.2) is 30.5 Å². The van der Waals surface area contributed by atoms with E-state index in [0.29, 0.717) is 22.8 Å². The fourth-order valence-electron chi connectivity index (χ4n) is 1.56. The van der Waals surface area contributed by atoms with Gasteiger partial charge in [0.1, 0.15) is 0 Å². The largest absolute Gasteiger partial charge is 0.399 e. The standard InChI is InChI=1S/C12H13ClN4O/c1-17-9(4-5-16-17)7-15-12(18)10-6-8(14)2-3-11(10)13/h2-6H,7,14H2,1H3,(H,15,18). The Bertz CT molecular complexity index is 579. The molecule has 1 amide bonds. The SMILES string of the molecule is Cn1nccc1CNC(=O)c1cc(N)ccc1Cl. The van der Waals surface area contributed by atoms with E-state index in [1.807, 2.05) is 13.1 Å². The molecule has 1 aromatic carbocycles. The molecule has 1 heterocycles. The number of rotatable bonds is 3. The van der Waals surface area contributed by atoms with Gasteiger partial charge in [-0.15, -0.1) is 0 Å². The number of nitrogen functional groups attached to an aromatic ring is 1. The number of aromatic nitrogens is 2. The molecule has 0 atom stereocenters. The van der Waals surface area contributed by atoms with Crippen molar-refractivity contribution in [2.45, 2.75) is 6.54 Å². The average Bonchev–Trinajstić information content (AvgIpc) is 2.75. The van der Waals surface area contributed by atoms with Crippen LogP contribution in [0, 0.1) is 0 Å². The van der Waals surface area contributed by atoms with Gasteiger partial charge in [-0.1, -0.05) is 11.6 Å². The molecule has 0 saturated carbocycles. The van der Waals surface area contributed by atoms with Gasteiger partial charge in [0.15, 0.2) is 0 Å². The maximum atomic E-state index is 11.9. The average molecular weight is 265 g/mol. The summed E-state index contributed by atoms with van der Waals surface area (Å²) in [4.78, 5) is 11.9. The minimum Gasteiger partial charge on any atom is -0.399 e. The lowest BCUT2D eigenvalue weighted by atomic mass is 10.2. The molecule has 0 unspecified atom stereocenters. The first-order valence-corrected chi connectivity index (χ1v) is 5.76. The van der Waals surface area contributed by atoms with Crippen LogP contribution in [0.25, 0.3) is 0 Å². The van der Waals surface area contributed by atoms with Crippen molar-refractivity contribution in [3.05, 3.63) is 46.7 Å². The molecule has 18 heavy (non-hydrogen) atoms. The lowest BCUT2D eigenvalue weighted by Crippen LogP contribution is -2.24. The zero-order chi connectivity index (χ0) is 13.1. The van der Waals surface area contributed by atoms with E-state index in [4.69, 9.17) is 17.3 Å². The smallest absolute Gasteiger partial charge is 0.253 e. The summed E-state index contributed by atoms with van der Waals surface area (Å²) in [7, 11) is 1.81. The predicted octanol–water partition coefficient (Wildman–Crippen LogP) is 1.59. The van der Waals surface area contributed by atoms with Gasteiger partial charge in [0, 0.05) is 18.9 Å². The Morgan fingerprint density at radius 2 is 2.28 bits per heavy atom. The molecule has 0 aliphatic carbocycles. The van der Waals surface area contributed by atoms with Gasteiger partial charge < -0.3 is 11.1 Å². The summed E-state index contributed by atoms with van der Waals surface area (Å²) in [6, 6.07) is 6.65. The molecule has 1 aromatic heterocycles. The van der Waals surface area contributed by atoms with E-state index in [0.717, 1.165) is 5.69 Å². The Morgan fingerprint density at radius 1 is 1.50 bits per heavy atom. The number of carbonyl (C=O) groups excluding carboxylic acids is 1. The van der Waals surface area contributed by atoms with Gasteiger partial charge in [-0.25, -0.2) is 0 Å². The van der Waals surface area contributed by atoms with Crippen molar-refractivity contribution in [2.24, 2.45) is 7.05 Å². The fourth-order valence-corrected chi connectivity index (χ4v) is 1.76. The molecule has 3 N–H and O–H groups in total. The summed E-state index contributed by atoms with van der Waals surface area (Å²) in [5.41, 5.74) is 7.41. The molecule has 94 valence electrons. The Balaban J connectivity index is 2.08. The quantitative estimate of drug-likeness (QED) is 0.827. The van der Waals surface area contributed by atoms with Crippen molar-refractivity contribution in [2.75, 3.05) is 5.73 Å². The number of halogens is 1. The fraction of sp³-hybridized carbons (Fsp3) is 0.167. The van der Waals surface area contributed by atoms with Gasteiger partial charge in [-0.05, 0) is 24.3 Å². The van der Waals surface area contributed by atoms with Crippen molar-refractivity contribution < 1.29 is 4.79 Å². The zero-order valence-corrected chi connectivity index (χ0v) is 10.6. The molecule has 0 spiro atoms. The lowest BCUT2D eigenvalue weighted by Gasteiger charge is -2.07. The molecule has 5 nitrogen and oxygen atoms in total. The second-order valence-corrected chi connectivity index (χ2v) is 4.28. The Hall–Kier alpha value is -2.01. The maximum absolute atomic E-state index is 11.9. The number of hydrogen-bond donors (Lipinski definition) is 2. The van der Waals surface area contributed by atoms with Gasteiger partial charge in [0.25, 0.3) is 5.91 Å². The zero-order valence-electron chi connectivity index (χ0n) is 9.85. The van der Waals surface area contributed by atoms with Crippen molar-refractivity contribution >= 4 is 23.2 Å². The predicted molar refractivity (Wildman–Crippen MR) is 70.2 cm³/mol. The highest BCUT2D eigenvalue weighted by Gasteiger charge is 2.11. The molecule has 0 radical (unpaired) electrons. The summed E-state index contributed by atoms with van der Waals surface area (Å²) < 4.78 is 1.70. The van der Waals surface area contributed by atoms with Crippen molar-refractivity contribution in [1.82, 2.24) is 15.1 Å². The summed E-state index contributed by atoms with van der Waals surface area (Å²) in [5.74, 6) is -0.256. The second kappa shape index (κ2) is 5.10. The van der Waals surface area contributed by atoms with Crippen LogP contribution in [0.4, 0.5) is 5.69 Å². The number of nitrogens with one attached hydrogen (secondary N) is 1. The molecule has 0 aliphatic rings. The third kappa shape index (κ3) is 2.62. The lowest BCUT2D eigenvalue weighted by molar-refractivity contribution is 0.0950. The van der Waals surface area contributed by atoms with Gasteiger partial charge in [-0.3, -0.25) is 9.48 Å². The maximum Gasteiger partial charge on any atom is 0.253 e. The van der Waals surface area contributed by atoms with Gasteiger partial charge in [0.2, 0.25) is 0 Å². The second-order valence-electron chi connectivity index (χ2n) is 3.87. The Morgan fingerprint density at radius 3 is 2.94 bits per heavy atom. The van der Waals surface area contributed by atoms with Gasteiger partial charge in [0.05, 0.1) is 22.8 Å². The van der Waals surface area contributed by atoms with Crippen LogP contribution in [0.1, 0.15) is 16.1 Å². The molecule has 0 aliphatic heterocycles. The van der Waals surface area contributed by atoms with E-state index in [2.05, 4.69) is 10.4 Å². The van der Waals surface area contributed by atoms with Crippen molar-refractivity contribution in [3.63, 3.8) is 0 Å². The number of benzene rings is 1. The number of nitrogens with two attached hydrogens (primary N) is 1.